The van der Waals surface area contributed by atoms with E-state index in [0.717, 1.165) is 35.5 Å². The van der Waals surface area contributed by atoms with Gasteiger partial charge in [0, 0.05) is 24.2 Å². The Morgan fingerprint density at radius 2 is 1.86 bits per heavy atom. The minimum atomic E-state index is -0.134. The average Bonchev–Trinajstić information content (AvgIpc) is 3.41. The molecule has 0 fully saturated rings. The Labute approximate surface area is 164 Å². The molecule has 2 heterocycles. The van der Waals surface area contributed by atoms with Crippen molar-refractivity contribution in [3.05, 3.63) is 77.7 Å². The van der Waals surface area contributed by atoms with Gasteiger partial charge in [-0.15, -0.1) is 0 Å². The normalized spacial score (nSPS) is 12.7. The van der Waals surface area contributed by atoms with E-state index in [1.807, 2.05) is 54.3 Å². The first-order chi connectivity index (χ1) is 13.7. The summed E-state index contributed by atoms with van der Waals surface area (Å²) in [5.74, 6) is 0.751. The number of furan rings is 1. The van der Waals surface area contributed by atoms with Gasteiger partial charge in [-0.2, -0.15) is 0 Å². The summed E-state index contributed by atoms with van der Waals surface area (Å²) in [6.07, 6.45) is 2.98. The molecule has 0 saturated heterocycles. The largest absolute Gasteiger partial charge is 0.467 e. The molecule has 5 heteroatoms. The van der Waals surface area contributed by atoms with E-state index in [-0.39, 0.29) is 11.8 Å². The molecule has 0 atom stereocenters. The summed E-state index contributed by atoms with van der Waals surface area (Å²) in [6, 6.07) is 17.4. The van der Waals surface area contributed by atoms with Gasteiger partial charge in [-0.1, -0.05) is 25.1 Å². The van der Waals surface area contributed by atoms with Crippen molar-refractivity contribution in [1.82, 2.24) is 5.32 Å². The lowest BCUT2D eigenvalue weighted by Gasteiger charge is -2.16. The highest BCUT2D eigenvalue weighted by Crippen LogP contribution is 2.32. The van der Waals surface area contributed by atoms with Gasteiger partial charge in [0.15, 0.2) is 0 Å². The van der Waals surface area contributed by atoms with Gasteiger partial charge in [-0.3, -0.25) is 9.59 Å². The van der Waals surface area contributed by atoms with E-state index < -0.39 is 0 Å². The highest BCUT2D eigenvalue weighted by atomic mass is 16.3. The fourth-order valence-corrected chi connectivity index (χ4v) is 3.53. The molecule has 142 valence electrons. The second kappa shape index (κ2) is 7.72. The average molecular weight is 374 g/mol. The van der Waals surface area contributed by atoms with E-state index in [4.69, 9.17) is 4.42 Å². The van der Waals surface area contributed by atoms with Crippen molar-refractivity contribution in [1.29, 1.82) is 0 Å². The standard InChI is InChI=1S/C23H22N2O3/c1-2-22(26)25-12-11-19-14-18(9-10-21(19)25)16-5-7-17(8-6-16)23(27)24-15-20-4-3-13-28-20/h3-10,13-14H,2,11-12,15H2,1H3,(H,24,27). The summed E-state index contributed by atoms with van der Waals surface area (Å²) in [5.41, 5.74) is 4.96. The molecule has 0 unspecified atom stereocenters. The molecule has 0 saturated carbocycles. The highest BCUT2D eigenvalue weighted by Gasteiger charge is 2.23. The Morgan fingerprint density at radius 1 is 1.07 bits per heavy atom. The van der Waals surface area contributed by atoms with Crippen LogP contribution in [0.4, 0.5) is 5.69 Å². The van der Waals surface area contributed by atoms with Crippen molar-refractivity contribution in [2.75, 3.05) is 11.4 Å². The molecular weight excluding hydrogens is 352 g/mol. The van der Waals surface area contributed by atoms with Gasteiger partial charge in [0.25, 0.3) is 5.91 Å². The zero-order valence-electron chi connectivity index (χ0n) is 15.8. The number of nitrogens with one attached hydrogen (secondary N) is 1. The van der Waals surface area contributed by atoms with Crippen LogP contribution in [-0.2, 0) is 17.8 Å². The molecule has 28 heavy (non-hydrogen) atoms. The smallest absolute Gasteiger partial charge is 0.251 e. The third-order valence-electron chi connectivity index (χ3n) is 5.06. The van der Waals surface area contributed by atoms with Gasteiger partial charge in [-0.25, -0.2) is 0 Å². The summed E-state index contributed by atoms with van der Waals surface area (Å²) >= 11 is 0. The van der Waals surface area contributed by atoms with E-state index in [2.05, 4.69) is 11.4 Å². The van der Waals surface area contributed by atoms with Crippen molar-refractivity contribution in [2.24, 2.45) is 0 Å². The summed E-state index contributed by atoms with van der Waals surface area (Å²) in [7, 11) is 0. The molecule has 1 N–H and O–H groups in total. The molecule has 0 spiro atoms. The van der Waals surface area contributed by atoms with E-state index in [0.29, 0.717) is 18.5 Å². The Kier molecular flexibility index (Phi) is 4.98. The van der Waals surface area contributed by atoms with Gasteiger partial charge in [0.2, 0.25) is 5.91 Å². The second-order valence-electron chi connectivity index (χ2n) is 6.83. The van der Waals surface area contributed by atoms with Crippen LogP contribution in [0.1, 0.15) is 35.0 Å². The number of fused-ring (bicyclic) bond motifs is 1. The van der Waals surface area contributed by atoms with Crippen LogP contribution in [0.2, 0.25) is 0 Å². The Morgan fingerprint density at radius 3 is 2.57 bits per heavy atom. The van der Waals surface area contributed by atoms with Gasteiger partial charge >= 0.3 is 0 Å². The summed E-state index contributed by atoms with van der Waals surface area (Å²) < 4.78 is 5.22. The van der Waals surface area contributed by atoms with Crippen molar-refractivity contribution < 1.29 is 14.0 Å². The lowest BCUT2D eigenvalue weighted by molar-refractivity contribution is -0.118. The monoisotopic (exact) mass is 374 g/mol. The predicted molar refractivity (Wildman–Crippen MR) is 108 cm³/mol. The molecule has 0 aliphatic carbocycles. The van der Waals surface area contributed by atoms with Gasteiger partial charge in [0.1, 0.15) is 5.76 Å². The number of nitrogens with zero attached hydrogens (tertiary/aromatic N) is 1. The first-order valence-corrected chi connectivity index (χ1v) is 9.50. The van der Waals surface area contributed by atoms with E-state index in [9.17, 15) is 9.59 Å². The third-order valence-corrected chi connectivity index (χ3v) is 5.06. The molecule has 4 rings (SSSR count). The molecule has 0 radical (unpaired) electrons. The number of amides is 2. The number of carbonyl (C=O) groups excluding carboxylic acids is 2. The maximum Gasteiger partial charge on any atom is 0.251 e. The van der Waals surface area contributed by atoms with Crippen LogP contribution in [0.15, 0.2) is 65.3 Å². The highest BCUT2D eigenvalue weighted by molar-refractivity contribution is 5.96. The van der Waals surface area contributed by atoms with Crippen LogP contribution < -0.4 is 10.2 Å². The van der Waals surface area contributed by atoms with E-state index >= 15 is 0 Å². The fraction of sp³-hybridized carbons (Fsp3) is 0.217. The maximum atomic E-state index is 12.3. The number of rotatable bonds is 5. The minimum absolute atomic E-state index is 0.134. The molecule has 5 nitrogen and oxygen atoms in total. The first-order valence-electron chi connectivity index (χ1n) is 9.50. The van der Waals surface area contributed by atoms with Crippen LogP contribution in [0.3, 0.4) is 0 Å². The summed E-state index contributed by atoms with van der Waals surface area (Å²) in [6.45, 7) is 3.01. The zero-order valence-corrected chi connectivity index (χ0v) is 15.8. The Hall–Kier alpha value is -3.34. The molecule has 0 bridgehead atoms. The third kappa shape index (κ3) is 3.56. The van der Waals surface area contributed by atoms with Gasteiger partial charge in [-0.05, 0) is 59.5 Å². The number of carbonyl (C=O) groups is 2. The number of benzene rings is 2. The molecular formula is C23H22N2O3. The number of hydrogen-bond acceptors (Lipinski definition) is 3. The van der Waals surface area contributed by atoms with Crippen molar-refractivity contribution >= 4 is 17.5 Å². The Balaban J connectivity index is 1.47. The molecule has 3 aromatic rings. The predicted octanol–water partition coefficient (Wildman–Crippen LogP) is 4.18. The van der Waals surface area contributed by atoms with Crippen LogP contribution in [0, 0.1) is 0 Å². The SMILES string of the molecule is CCC(=O)N1CCc2cc(-c3ccc(C(=O)NCc4ccco4)cc3)ccc21. The van der Waals surface area contributed by atoms with Crippen molar-refractivity contribution in [3.8, 4) is 11.1 Å². The zero-order chi connectivity index (χ0) is 19.5. The first kappa shape index (κ1) is 18.0. The quantitative estimate of drug-likeness (QED) is 0.729. The minimum Gasteiger partial charge on any atom is -0.467 e. The summed E-state index contributed by atoms with van der Waals surface area (Å²) in [4.78, 5) is 26.2. The molecule has 1 aliphatic heterocycles. The van der Waals surface area contributed by atoms with Crippen molar-refractivity contribution in [3.63, 3.8) is 0 Å². The van der Waals surface area contributed by atoms with Crippen LogP contribution in [0.25, 0.3) is 11.1 Å². The molecule has 1 aromatic heterocycles. The van der Waals surface area contributed by atoms with E-state index in [1.54, 1.807) is 12.3 Å². The maximum absolute atomic E-state index is 12.3. The molecule has 1 aliphatic rings. The van der Waals surface area contributed by atoms with Crippen LogP contribution in [-0.4, -0.2) is 18.4 Å². The van der Waals surface area contributed by atoms with Gasteiger partial charge < -0.3 is 14.6 Å². The lowest BCUT2D eigenvalue weighted by atomic mass is 10.0. The summed E-state index contributed by atoms with van der Waals surface area (Å²) in [5, 5.41) is 2.85. The van der Waals surface area contributed by atoms with Gasteiger partial charge in [0.05, 0.1) is 12.8 Å². The number of anilines is 1. The second-order valence-corrected chi connectivity index (χ2v) is 6.83. The number of hydrogen-bond donors (Lipinski definition) is 1. The Bertz CT molecular complexity index is 991. The molecule has 2 amide bonds. The molecule has 2 aromatic carbocycles. The topological polar surface area (TPSA) is 62.6 Å². The lowest BCUT2D eigenvalue weighted by Crippen LogP contribution is -2.27. The van der Waals surface area contributed by atoms with E-state index in [1.165, 1.54) is 5.56 Å². The van der Waals surface area contributed by atoms with Crippen molar-refractivity contribution in [2.45, 2.75) is 26.3 Å². The van der Waals surface area contributed by atoms with Crippen LogP contribution in [0.5, 0.6) is 0 Å². The fourth-order valence-electron chi connectivity index (χ4n) is 3.53. The van der Waals surface area contributed by atoms with Crippen LogP contribution >= 0.6 is 0 Å².